The van der Waals surface area contributed by atoms with Gasteiger partial charge in [0, 0.05) is 23.2 Å². The standard InChI is InChI=1S/C19H20BrNO/c20-17-6-7-18-15(12-17)8-11-21(18)13-14-2-4-16(5-3-14)19(22)9-1-10-19/h2-7,12,22H,1,8-11,13H2. The van der Waals surface area contributed by atoms with E-state index in [0.29, 0.717) is 0 Å². The van der Waals surface area contributed by atoms with Crippen molar-refractivity contribution in [2.45, 2.75) is 37.8 Å². The van der Waals surface area contributed by atoms with Gasteiger partial charge in [-0.3, -0.25) is 0 Å². The third kappa shape index (κ3) is 2.46. The van der Waals surface area contributed by atoms with Crippen molar-refractivity contribution in [1.82, 2.24) is 0 Å². The highest BCUT2D eigenvalue weighted by molar-refractivity contribution is 9.10. The van der Waals surface area contributed by atoms with Crippen LogP contribution in [0.25, 0.3) is 0 Å². The molecule has 2 aromatic rings. The highest BCUT2D eigenvalue weighted by Crippen LogP contribution is 2.41. The van der Waals surface area contributed by atoms with E-state index in [9.17, 15) is 5.11 Å². The van der Waals surface area contributed by atoms with E-state index in [2.05, 4.69) is 63.3 Å². The lowest BCUT2D eigenvalue weighted by Crippen LogP contribution is -2.33. The number of hydrogen-bond donors (Lipinski definition) is 1. The fourth-order valence-corrected chi connectivity index (χ4v) is 3.95. The van der Waals surface area contributed by atoms with E-state index in [1.165, 1.54) is 16.8 Å². The summed E-state index contributed by atoms with van der Waals surface area (Å²) in [5.41, 5.74) is 4.61. The number of halogens is 1. The van der Waals surface area contributed by atoms with Crippen molar-refractivity contribution < 1.29 is 5.11 Å². The first-order chi connectivity index (χ1) is 10.6. The van der Waals surface area contributed by atoms with E-state index in [0.717, 1.165) is 48.8 Å². The molecule has 0 amide bonds. The molecule has 1 aliphatic heterocycles. The van der Waals surface area contributed by atoms with Crippen molar-refractivity contribution in [3.05, 3.63) is 63.6 Å². The Kier molecular flexibility index (Phi) is 3.50. The number of fused-ring (bicyclic) bond motifs is 1. The van der Waals surface area contributed by atoms with Gasteiger partial charge in [-0.15, -0.1) is 0 Å². The second-order valence-electron chi connectivity index (χ2n) is 6.53. The van der Waals surface area contributed by atoms with Crippen molar-refractivity contribution >= 4 is 21.6 Å². The van der Waals surface area contributed by atoms with Gasteiger partial charge in [-0.25, -0.2) is 0 Å². The molecule has 0 radical (unpaired) electrons. The lowest BCUT2D eigenvalue weighted by molar-refractivity contribution is -0.0388. The summed E-state index contributed by atoms with van der Waals surface area (Å²) in [6.07, 6.45) is 4.06. The summed E-state index contributed by atoms with van der Waals surface area (Å²) < 4.78 is 1.16. The average molecular weight is 358 g/mol. The molecule has 0 aromatic heterocycles. The molecule has 2 nitrogen and oxygen atoms in total. The molecule has 1 heterocycles. The van der Waals surface area contributed by atoms with Gasteiger partial charge >= 0.3 is 0 Å². The summed E-state index contributed by atoms with van der Waals surface area (Å²) >= 11 is 3.55. The van der Waals surface area contributed by atoms with Crippen LogP contribution in [-0.2, 0) is 18.6 Å². The molecule has 0 unspecified atom stereocenters. The Morgan fingerprint density at radius 1 is 1.09 bits per heavy atom. The fraction of sp³-hybridized carbons (Fsp3) is 0.368. The molecule has 22 heavy (non-hydrogen) atoms. The molecule has 2 aliphatic rings. The van der Waals surface area contributed by atoms with Crippen LogP contribution < -0.4 is 4.90 Å². The Morgan fingerprint density at radius 2 is 1.86 bits per heavy atom. The maximum absolute atomic E-state index is 10.4. The summed E-state index contributed by atoms with van der Waals surface area (Å²) in [5, 5.41) is 10.4. The molecular formula is C19H20BrNO. The maximum Gasteiger partial charge on any atom is 0.0896 e. The first kappa shape index (κ1) is 14.3. The second kappa shape index (κ2) is 5.39. The average Bonchev–Trinajstić information content (AvgIpc) is 2.88. The van der Waals surface area contributed by atoms with Crippen LogP contribution in [0.2, 0.25) is 0 Å². The number of anilines is 1. The predicted molar refractivity (Wildman–Crippen MR) is 93.1 cm³/mol. The number of nitrogens with zero attached hydrogens (tertiary/aromatic N) is 1. The van der Waals surface area contributed by atoms with E-state index in [1.807, 2.05) is 0 Å². The van der Waals surface area contributed by atoms with Crippen LogP contribution >= 0.6 is 15.9 Å². The smallest absolute Gasteiger partial charge is 0.0896 e. The number of rotatable bonds is 3. The van der Waals surface area contributed by atoms with Gasteiger partial charge in [0.05, 0.1) is 5.60 Å². The summed E-state index contributed by atoms with van der Waals surface area (Å²) in [6, 6.07) is 15.1. The Labute approximate surface area is 139 Å². The largest absolute Gasteiger partial charge is 0.385 e. The third-order valence-electron chi connectivity index (χ3n) is 5.08. The van der Waals surface area contributed by atoms with Crippen LogP contribution in [0.1, 0.15) is 36.0 Å². The van der Waals surface area contributed by atoms with Gasteiger partial charge in [0.1, 0.15) is 0 Å². The molecule has 0 spiro atoms. The highest BCUT2D eigenvalue weighted by Gasteiger charge is 2.35. The molecule has 0 bridgehead atoms. The summed E-state index contributed by atoms with van der Waals surface area (Å²) in [4.78, 5) is 2.44. The SMILES string of the molecule is OC1(c2ccc(CN3CCc4cc(Br)ccc43)cc2)CCC1. The van der Waals surface area contributed by atoms with Gasteiger partial charge in [0.25, 0.3) is 0 Å². The van der Waals surface area contributed by atoms with E-state index in [-0.39, 0.29) is 0 Å². The second-order valence-corrected chi connectivity index (χ2v) is 7.44. The third-order valence-corrected chi connectivity index (χ3v) is 5.57. The van der Waals surface area contributed by atoms with Gasteiger partial charge in [0.15, 0.2) is 0 Å². The molecule has 114 valence electrons. The van der Waals surface area contributed by atoms with Gasteiger partial charge in [-0.1, -0.05) is 40.2 Å². The Bertz CT molecular complexity index is 691. The van der Waals surface area contributed by atoms with Crippen LogP contribution in [0.3, 0.4) is 0 Å². The quantitative estimate of drug-likeness (QED) is 0.880. The molecule has 2 aromatic carbocycles. The topological polar surface area (TPSA) is 23.5 Å². The van der Waals surface area contributed by atoms with Crippen molar-refractivity contribution in [2.75, 3.05) is 11.4 Å². The van der Waals surface area contributed by atoms with E-state index in [4.69, 9.17) is 0 Å². The number of benzene rings is 2. The normalized spacial score (nSPS) is 18.9. The minimum absolute atomic E-state index is 0.551. The van der Waals surface area contributed by atoms with Crippen molar-refractivity contribution in [1.29, 1.82) is 0 Å². The zero-order valence-corrected chi connectivity index (χ0v) is 14.1. The highest BCUT2D eigenvalue weighted by atomic mass is 79.9. The summed E-state index contributed by atoms with van der Waals surface area (Å²) in [5.74, 6) is 0. The first-order valence-corrected chi connectivity index (χ1v) is 8.79. The number of hydrogen-bond acceptors (Lipinski definition) is 2. The molecule has 1 saturated carbocycles. The van der Waals surface area contributed by atoms with Crippen LogP contribution in [0.5, 0.6) is 0 Å². The van der Waals surface area contributed by atoms with Crippen LogP contribution in [0.15, 0.2) is 46.9 Å². The van der Waals surface area contributed by atoms with Gasteiger partial charge in [-0.05, 0) is 60.6 Å². The van der Waals surface area contributed by atoms with Gasteiger partial charge in [-0.2, -0.15) is 0 Å². The van der Waals surface area contributed by atoms with Crippen molar-refractivity contribution in [3.8, 4) is 0 Å². The Hall–Kier alpha value is -1.32. The summed E-state index contributed by atoms with van der Waals surface area (Å²) in [6.45, 7) is 2.02. The van der Waals surface area contributed by atoms with Crippen LogP contribution in [0, 0.1) is 0 Å². The fourth-order valence-electron chi connectivity index (χ4n) is 3.54. The van der Waals surface area contributed by atoms with Gasteiger partial charge < -0.3 is 10.0 Å². The zero-order chi connectivity index (χ0) is 15.2. The van der Waals surface area contributed by atoms with Crippen LogP contribution in [0.4, 0.5) is 5.69 Å². The summed E-state index contributed by atoms with van der Waals surface area (Å²) in [7, 11) is 0. The molecule has 1 aliphatic carbocycles. The number of aliphatic hydroxyl groups is 1. The minimum atomic E-state index is -0.551. The molecule has 0 atom stereocenters. The lowest BCUT2D eigenvalue weighted by Gasteiger charge is -2.37. The van der Waals surface area contributed by atoms with Crippen molar-refractivity contribution in [3.63, 3.8) is 0 Å². The first-order valence-electron chi connectivity index (χ1n) is 7.99. The molecular weight excluding hydrogens is 338 g/mol. The maximum atomic E-state index is 10.4. The van der Waals surface area contributed by atoms with E-state index in [1.54, 1.807) is 0 Å². The molecule has 4 rings (SSSR count). The van der Waals surface area contributed by atoms with Crippen molar-refractivity contribution in [2.24, 2.45) is 0 Å². The predicted octanol–water partition coefficient (Wildman–Crippen LogP) is 4.38. The van der Waals surface area contributed by atoms with E-state index < -0.39 is 5.60 Å². The molecule has 1 fully saturated rings. The van der Waals surface area contributed by atoms with Gasteiger partial charge in [0.2, 0.25) is 0 Å². The van der Waals surface area contributed by atoms with Crippen LogP contribution in [-0.4, -0.2) is 11.7 Å². The lowest BCUT2D eigenvalue weighted by atomic mass is 9.75. The monoisotopic (exact) mass is 357 g/mol. The Balaban J connectivity index is 1.51. The molecule has 0 saturated heterocycles. The molecule has 1 N–H and O–H groups in total. The Morgan fingerprint density at radius 3 is 2.55 bits per heavy atom. The minimum Gasteiger partial charge on any atom is -0.385 e. The van der Waals surface area contributed by atoms with E-state index >= 15 is 0 Å². The molecule has 3 heteroatoms. The zero-order valence-electron chi connectivity index (χ0n) is 12.6.